The number of hydrogen-bond donors (Lipinski definition) is 3. The SMILES string of the molecule is O=C1CCc2cc(NC(=O)C(=O)N(CCO)Cc3ccccc3)ccc2N1. The highest BCUT2D eigenvalue weighted by Crippen LogP contribution is 2.25. The summed E-state index contributed by atoms with van der Waals surface area (Å²) in [4.78, 5) is 37.6. The normalized spacial score (nSPS) is 12.7. The second kappa shape index (κ2) is 8.46. The van der Waals surface area contributed by atoms with Gasteiger partial charge in [0.25, 0.3) is 0 Å². The van der Waals surface area contributed by atoms with Gasteiger partial charge in [0.2, 0.25) is 5.91 Å². The zero-order chi connectivity index (χ0) is 19.2. The van der Waals surface area contributed by atoms with Crippen LogP contribution in [0.3, 0.4) is 0 Å². The minimum atomic E-state index is -0.765. The predicted octanol–water partition coefficient (Wildman–Crippen LogP) is 1.53. The van der Waals surface area contributed by atoms with E-state index in [9.17, 15) is 19.5 Å². The molecule has 2 aromatic carbocycles. The van der Waals surface area contributed by atoms with Gasteiger partial charge in [0.05, 0.1) is 6.61 Å². The van der Waals surface area contributed by atoms with Crippen molar-refractivity contribution in [1.29, 1.82) is 0 Å². The van der Waals surface area contributed by atoms with Crippen LogP contribution in [0.5, 0.6) is 0 Å². The molecule has 27 heavy (non-hydrogen) atoms. The number of rotatable bonds is 5. The van der Waals surface area contributed by atoms with Gasteiger partial charge >= 0.3 is 11.8 Å². The molecule has 3 amide bonds. The summed E-state index contributed by atoms with van der Waals surface area (Å²) in [6.45, 7) is 0.0750. The average molecular weight is 367 g/mol. The molecule has 7 heteroatoms. The first-order chi connectivity index (χ1) is 13.1. The molecule has 0 unspecified atom stereocenters. The van der Waals surface area contributed by atoms with E-state index < -0.39 is 11.8 Å². The van der Waals surface area contributed by atoms with Crippen LogP contribution in [0.4, 0.5) is 11.4 Å². The van der Waals surface area contributed by atoms with Gasteiger partial charge in [0, 0.05) is 30.9 Å². The van der Waals surface area contributed by atoms with Crippen LogP contribution in [0, 0.1) is 0 Å². The van der Waals surface area contributed by atoms with E-state index in [4.69, 9.17) is 0 Å². The number of anilines is 2. The van der Waals surface area contributed by atoms with Crippen molar-refractivity contribution >= 4 is 29.1 Å². The quantitative estimate of drug-likeness (QED) is 0.698. The van der Waals surface area contributed by atoms with Crippen LogP contribution in [0.15, 0.2) is 48.5 Å². The van der Waals surface area contributed by atoms with Gasteiger partial charge in [-0.15, -0.1) is 0 Å². The van der Waals surface area contributed by atoms with Crippen molar-refractivity contribution in [2.45, 2.75) is 19.4 Å². The van der Waals surface area contributed by atoms with Crippen molar-refractivity contribution in [3.63, 3.8) is 0 Å². The van der Waals surface area contributed by atoms with Gasteiger partial charge in [-0.1, -0.05) is 30.3 Å². The third kappa shape index (κ3) is 4.71. The van der Waals surface area contributed by atoms with Crippen molar-refractivity contribution in [3.8, 4) is 0 Å². The molecule has 2 aromatic rings. The maximum atomic E-state index is 12.5. The second-order valence-electron chi connectivity index (χ2n) is 6.31. The molecule has 1 heterocycles. The Kier molecular flexibility index (Phi) is 5.83. The minimum absolute atomic E-state index is 0.0324. The molecule has 3 rings (SSSR count). The fourth-order valence-corrected chi connectivity index (χ4v) is 2.97. The van der Waals surface area contributed by atoms with Gasteiger partial charge in [0.1, 0.15) is 0 Å². The Morgan fingerprint density at radius 2 is 1.89 bits per heavy atom. The molecule has 0 radical (unpaired) electrons. The van der Waals surface area contributed by atoms with E-state index in [0.29, 0.717) is 18.5 Å². The van der Waals surface area contributed by atoms with Crippen molar-refractivity contribution in [1.82, 2.24) is 4.90 Å². The number of carbonyl (C=O) groups excluding carboxylic acids is 3. The highest BCUT2D eigenvalue weighted by molar-refractivity contribution is 6.39. The van der Waals surface area contributed by atoms with Gasteiger partial charge in [-0.3, -0.25) is 14.4 Å². The molecule has 140 valence electrons. The maximum Gasteiger partial charge on any atom is 0.313 e. The first kappa shape index (κ1) is 18.6. The first-order valence-corrected chi connectivity index (χ1v) is 8.74. The highest BCUT2D eigenvalue weighted by Gasteiger charge is 2.22. The Labute approximate surface area is 157 Å². The largest absolute Gasteiger partial charge is 0.395 e. The molecule has 0 saturated carbocycles. The summed E-state index contributed by atoms with van der Waals surface area (Å²) in [5, 5.41) is 14.6. The second-order valence-corrected chi connectivity index (χ2v) is 6.31. The molecule has 0 bridgehead atoms. The lowest BCUT2D eigenvalue weighted by Crippen LogP contribution is -2.40. The minimum Gasteiger partial charge on any atom is -0.395 e. The number of aryl methyl sites for hydroxylation is 1. The van der Waals surface area contributed by atoms with E-state index in [1.807, 2.05) is 30.3 Å². The molecule has 1 aliphatic rings. The number of amides is 3. The molecule has 0 atom stereocenters. The fourth-order valence-electron chi connectivity index (χ4n) is 2.97. The molecule has 1 aliphatic heterocycles. The third-order valence-corrected chi connectivity index (χ3v) is 4.33. The Hall–Kier alpha value is -3.19. The molecule has 0 aliphatic carbocycles. The molecular formula is C20H21N3O4. The number of fused-ring (bicyclic) bond motifs is 1. The monoisotopic (exact) mass is 367 g/mol. The summed E-state index contributed by atoms with van der Waals surface area (Å²) in [5.41, 5.74) is 3.00. The van der Waals surface area contributed by atoms with Crippen LogP contribution < -0.4 is 10.6 Å². The molecule has 0 spiro atoms. The topological polar surface area (TPSA) is 98.7 Å². The zero-order valence-corrected chi connectivity index (χ0v) is 14.8. The average Bonchev–Trinajstić information content (AvgIpc) is 2.68. The zero-order valence-electron chi connectivity index (χ0n) is 14.8. The summed E-state index contributed by atoms with van der Waals surface area (Å²) >= 11 is 0. The summed E-state index contributed by atoms with van der Waals surface area (Å²) < 4.78 is 0. The Bertz CT molecular complexity index is 852. The lowest BCUT2D eigenvalue weighted by Gasteiger charge is -2.22. The first-order valence-electron chi connectivity index (χ1n) is 8.74. The van der Waals surface area contributed by atoms with Crippen LogP contribution in [0.2, 0.25) is 0 Å². The molecule has 0 aromatic heterocycles. The van der Waals surface area contributed by atoms with Gasteiger partial charge in [0.15, 0.2) is 0 Å². The lowest BCUT2D eigenvalue weighted by atomic mass is 10.0. The van der Waals surface area contributed by atoms with Gasteiger partial charge < -0.3 is 20.6 Å². The van der Waals surface area contributed by atoms with E-state index in [0.717, 1.165) is 16.8 Å². The number of nitrogens with zero attached hydrogens (tertiary/aromatic N) is 1. The van der Waals surface area contributed by atoms with E-state index in [1.165, 1.54) is 4.90 Å². The third-order valence-electron chi connectivity index (χ3n) is 4.33. The number of aliphatic hydroxyl groups is 1. The smallest absolute Gasteiger partial charge is 0.313 e. The van der Waals surface area contributed by atoms with Crippen molar-refractivity contribution in [3.05, 3.63) is 59.7 Å². The number of benzene rings is 2. The molecule has 3 N–H and O–H groups in total. The number of hydrogen-bond acceptors (Lipinski definition) is 4. The van der Waals surface area contributed by atoms with E-state index in [1.54, 1.807) is 18.2 Å². The van der Waals surface area contributed by atoms with Crippen LogP contribution >= 0.6 is 0 Å². The molecule has 7 nitrogen and oxygen atoms in total. The number of aliphatic hydroxyl groups excluding tert-OH is 1. The Balaban J connectivity index is 1.68. The van der Waals surface area contributed by atoms with Crippen LogP contribution in [0.1, 0.15) is 17.5 Å². The standard InChI is InChI=1S/C20H21N3O4/c24-11-10-23(13-14-4-2-1-3-5-14)20(27)19(26)21-16-7-8-17-15(12-16)6-9-18(25)22-17/h1-5,7-8,12,24H,6,9-11,13H2,(H,21,26)(H,22,25). The Morgan fingerprint density at radius 1 is 1.11 bits per heavy atom. The van der Waals surface area contributed by atoms with E-state index in [2.05, 4.69) is 10.6 Å². The van der Waals surface area contributed by atoms with Gasteiger partial charge in [-0.2, -0.15) is 0 Å². The fraction of sp³-hybridized carbons (Fsp3) is 0.250. The maximum absolute atomic E-state index is 12.5. The Morgan fingerprint density at radius 3 is 2.63 bits per heavy atom. The van der Waals surface area contributed by atoms with Gasteiger partial charge in [-0.05, 0) is 35.7 Å². The lowest BCUT2D eigenvalue weighted by molar-refractivity contribution is -0.143. The number of nitrogens with one attached hydrogen (secondary N) is 2. The van der Waals surface area contributed by atoms with Crippen LogP contribution in [-0.4, -0.2) is 40.9 Å². The molecule has 0 saturated heterocycles. The van der Waals surface area contributed by atoms with E-state index >= 15 is 0 Å². The predicted molar refractivity (Wildman–Crippen MR) is 101 cm³/mol. The van der Waals surface area contributed by atoms with E-state index in [-0.39, 0.29) is 25.6 Å². The van der Waals surface area contributed by atoms with Crippen molar-refractivity contribution < 1.29 is 19.5 Å². The number of carbonyl (C=O) groups is 3. The molecule has 0 fully saturated rings. The van der Waals surface area contributed by atoms with Gasteiger partial charge in [-0.25, -0.2) is 0 Å². The van der Waals surface area contributed by atoms with Crippen molar-refractivity contribution in [2.24, 2.45) is 0 Å². The summed E-state index contributed by atoms with van der Waals surface area (Å²) in [6, 6.07) is 14.4. The molecular weight excluding hydrogens is 346 g/mol. The van der Waals surface area contributed by atoms with Crippen LogP contribution in [-0.2, 0) is 27.3 Å². The highest BCUT2D eigenvalue weighted by atomic mass is 16.3. The van der Waals surface area contributed by atoms with Crippen molar-refractivity contribution in [2.75, 3.05) is 23.8 Å². The summed E-state index contributed by atoms with van der Waals surface area (Å²) in [6.07, 6.45) is 0.980. The van der Waals surface area contributed by atoms with Crippen LogP contribution in [0.25, 0.3) is 0 Å². The summed E-state index contributed by atoms with van der Waals surface area (Å²) in [5.74, 6) is -1.51. The summed E-state index contributed by atoms with van der Waals surface area (Å²) in [7, 11) is 0.